The first-order valence-electron chi connectivity index (χ1n) is 7.97. The molecule has 1 amide bonds. The molecular weight excluding hydrogens is 328 g/mol. The van der Waals surface area contributed by atoms with Gasteiger partial charge < -0.3 is 9.73 Å². The number of aromatic nitrogens is 2. The summed E-state index contributed by atoms with van der Waals surface area (Å²) in [5.74, 6) is 0.374. The molecule has 2 heterocycles. The highest BCUT2D eigenvalue weighted by Gasteiger charge is 2.21. The highest BCUT2D eigenvalue weighted by Crippen LogP contribution is 2.24. The van der Waals surface area contributed by atoms with Gasteiger partial charge >= 0.3 is 6.55 Å². The molecule has 0 aliphatic heterocycles. The van der Waals surface area contributed by atoms with Crippen LogP contribution in [0.15, 0.2) is 34.7 Å². The summed E-state index contributed by atoms with van der Waals surface area (Å²) in [4.78, 5) is 12.3. The van der Waals surface area contributed by atoms with E-state index in [2.05, 4.69) is 10.4 Å². The predicted molar refractivity (Wildman–Crippen MR) is 89.4 cm³/mol. The molecule has 0 fully saturated rings. The standard InChI is InChI=1S/C18H19F2N3O2/c1-10-14(12(3)23(22-10)18(19)20)9-17(24)21-11(2)16-8-13-6-4-5-7-15(13)25-16/h4-8,11,18H,9H2,1-3H3,(H,21,24)/t11-/m0/s1. The van der Waals surface area contributed by atoms with Gasteiger partial charge in [-0.05, 0) is 32.9 Å². The number of rotatable bonds is 5. The number of nitrogens with zero attached hydrogens (tertiary/aromatic N) is 2. The molecule has 0 saturated heterocycles. The van der Waals surface area contributed by atoms with E-state index < -0.39 is 6.55 Å². The van der Waals surface area contributed by atoms with Crippen LogP contribution >= 0.6 is 0 Å². The minimum absolute atomic E-state index is 0.00500. The first kappa shape index (κ1) is 17.1. The zero-order valence-electron chi connectivity index (χ0n) is 14.2. The van der Waals surface area contributed by atoms with Crippen molar-refractivity contribution < 1.29 is 18.0 Å². The maximum atomic E-state index is 12.9. The fourth-order valence-corrected chi connectivity index (χ4v) is 2.88. The molecule has 3 rings (SSSR count). The van der Waals surface area contributed by atoms with Crippen LogP contribution in [0.3, 0.4) is 0 Å². The van der Waals surface area contributed by atoms with E-state index in [-0.39, 0.29) is 18.4 Å². The molecule has 0 aliphatic carbocycles. The first-order valence-corrected chi connectivity index (χ1v) is 7.97. The Morgan fingerprint density at radius 2 is 2.04 bits per heavy atom. The van der Waals surface area contributed by atoms with E-state index in [0.717, 1.165) is 11.0 Å². The van der Waals surface area contributed by atoms with Crippen LogP contribution in [0.25, 0.3) is 11.0 Å². The van der Waals surface area contributed by atoms with Gasteiger partial charge in [0.1, 0.15) is 11.3 Å². The number of nitrogens with one attached hydrogen (secondary N) is 1. The number of alkyl halides is 2. The Balaban J connectivity index is 1.72. The van der Waals surface area contributed by atoms with Crippen molar-refractivity contribution in [3.05, 3.63) is 53.0 Å². The van der Waals surface area contributed by atoms with Crippen LogP contribution in [0, 0.1) is 13.8 Å². The van der Waals surface area contributed by atoms with Crippen molar-refractivity contribution in [3.8, 4) is 0 Å². The minimum atomic E-state index is -2.72. The zero-order chi connectivity index (χ0) is 18.1. The Morgan fingerprint density at radius 1 is 1.32 bits per heavy atom. The second-order valence-electron chi connectivity index (χ2n) is 6.02. The third kappa shape index (κ3) is 3.40. The largest absolute Gasteiger partial charge is 0.459 e. The molecule has 0 radical (unpaired) electrons. The lowest BCUT2D eigenvalue weighted by Crippen LogP contribution is -2.28. The van der Waals surface area contributed by atoms with Crippen molar-refractivity contribution >= 4 is 16.9 Å². The predicted octanol–water partition coefficient (Wildman–Crippen LogP) is 4.06. The third-order valence-electron chi connectivity index (χ3n) is 4.25. The summed E-state index contributed by atoms with van der Waals surface area (Å²) >= 11 is 0. The van der Waals surface area contributed by atoms with Gasteiger partial charge in [0, 0.05) is 16.6 Å². The van der Waals surface area contributed by atoms with Crippen molar-refractivity contribution in [1.82, 2.24) is 15.1 Å². The molecule has 3 aromatic rings. The van der Waals surface area contributed by atoms with E-state index in [0.29, 0.717) is 27.4 Å². The van der Waals surface area contributed by atoms with E-state index >= 15 is 0 Å². The normalized spacial score (nSPS) is 12.7. The summed E-state index contributed by atoms with van der Waals surface area (Å²) < 4.78 is 32.1. The van der Waals surface area contributed by atoms with Crippen LogP contribution in [0.5, 0.6) is 0 Å². The lowest BCUT2D eigenvalue weighted by atomic mass is 10.1. The van der Waals surface area contributed by atoms with Gasteiger partial charge in [-0.1, -0.05) is 18.2 Å². The Morgan fingerprint density at radius 3 is 2.68 bits per heavy atom. The van der Waals surface area contributed by atoms with Gasteiger partial charge in [0.2, 0.25) is 5.91 Å². The summed E-state index contributed by atoms with van der Waals surface area (Å²) in [7, 11) is 0. The highest BCUT2D eigenvalue weighted by atomic mass is 19.3. The van der Waals surface area contributed by atoms with Crippen LogP contribution in [-0.2, 0) is 11.2 Å². The van der Waals surface area contributed by atoms with Gasteiger partial charge in [-0.3, -0.25) is 4.79 Å². The number of fused-ring (bicyclic) bond motifs is 1. The molecule has 132 valence electrons. The number of para-hydroxylation sites is 1. The lowest BCUT2D eigenvalue weighted by molar-refractivity contribution is -0.121. The maximum absolute atomic E-state index is 12.9. The van der Waals surface area contributed by atoms with Gasteiger partial charge in [0.05, 0.1) is 18.2 Å². The van der Waals surface area contributed by atoms with Crippen LogP contribution in [0.2, 0.25) is 0 Å². The van der Waals surface area contributed by atoms with Gasteiger partial charge in [-0.25, -0.2) is 4.68 Å². The van der Waals surface area contributed by atoms with Crippen molar-refractivity contribution in [2.24, 2.45) is 0 Å². The molecule has 0 aliphatic rings. The van der Waals surface area contributed by atoms with Crippen LogP contribution in [0.4, 0.5) is 8.78 Å². The molecule has 0 bridgehead atoms. The zero-order valence-corrected chi connectivity index (χ0v) is 14.2. The van der Waals surface area contributed by atoms with Crippen LogP contribution in [0.1, 0.15) is 42.2 Å². The smallest absolute Gasteiger partial charge is 0.333 e. The quantitative estimate of drug-likeness (QED) is 0.757. The van der Waals surface area contributed by atoms with Gasteiger partial charge in [-0.15, -0.1) is 0 Å². The van der Waals surface area contributed by atoms with Gasteiger partial charge in [0.15, 0.2) is 0 Å². The SMILES string of the molecule is Cc1nn(C(F)F)c(C)c1CC(=O)N[C@@H](C)c1cc2ccccc2o1. The Hall–Kier alpha value is -2.70. The lowest BCUT2D eigenvalue weighted by Gasteiger charge is -2.11. The average Bonchev–Trinajstić information content (AvgIpc) is 3.11. The number of carbonyl (C=O) groups is 1. The molecule has 7 heteroatoms. The molecule has 1 aromatic carbocycles. The second-order valence-corrected chi connectivity index (χ2v) is 6.02. The van der Waals surface area contributed by atoms with Gasteiger partial charge in [-0.2, -0.15) is 13.9 Å². The topological polar surface area (TPSA) is 60.1 Å². The van der Waals surface area contributed by atoms with Gasteiger partial charge in [0.25, 0.3) is 0 Å². The number of furan rings is 1. The molecule has 0 spiro atoms. The number of hydrogen-bond donors (Lipinski definition) is 1. The number of amides is 1. The third-order valence-corrected chi connectivity index (χ3v) is 4.25. The number of carbonyl (C=O) groups excluding carboxylic acids is 1. The van der Waals surface area contributed by atoms with E-state index in [1.807, 2.05) is 37.3 Å². The Bertz CT molecular complexity index is 881. The number of halogens is 2. The molecule has 0 unspecified atom stereocenters. The van der Waals surface area contributed by atoms with E-state index in [9.17, 15) is 13.6 Å². The summed E-state index contributed by atoms with van der Waals surface area (Å²) in [6, 6.07) is 9.14. The summed E-state index contributed by atoms with van der Waals surface area (Å²) in [5, 5.41) is 7.60. The first-order chi connectivity index (χ1) is 11.9. The molecular formula is C18H19F2N3O2. The molecule has 2 aromatic heterocycles. The highest BCUT2D eigenvalue weighted by molar-refractivity contribution is 5.80. The molecule has 25 heavy (non-hydrogen) atoms. The Labute approximate surface area is 143 Å². The summed E-state index contributed by atoms with van der Waals surface area (Å²) in [6.45, 7) is 2.26. The number of hydrogen-bond acceptors (Lipinski definition) is 3. The maximum Gasteiger partial charge on any atom is 0.333 e. The fraction of sp³-hybridized carbons (Fsp3) is 0.333. The molecule has 1 N–H and O–H groups in total. The summed E-state index contributed by atoms with van der Waals surface area (Å²) in [5.41, 5.74) is 2.02. The summed E-state index contributed by atoms with van der Waals surface area (Å²) in [6.07, 6.45) is -0.00500. The van der Waals surface area contributed by atoms with Crippen molar-refractivity contribution in [1.29, 1.82) is 0 Å². The van der Waals surface area contributed by atoms with Crippen molar-refractivity contribution in [2.75, 3.05) is 0 Å². The van der Waals surface area contributed by atoms with Crippen LogP contribution < -0.4 is 5.32 Å². The molecule has 1 atom stereocenters. The van der Waals surface area contributed by atoms with E-state index in [1.165, 1.54) is 6.92 Å². The van der Waals surface area contributed by atoms with Crippen molar-refractivity contribution in [2.45, 2.75) is 39.8 Å². The average molecular weight is 347 g/mol. The van der Waals surface area contributed by atoms with Crippen LogP contribution in [-0.4, -0.2) is 15.7 Å². The molecule has 5 nitrogen and oxygen atoms in total. The van der Waals surface area contributed by atoms with Crippen molar-refractivity contribution in [3.63, 3.8) is 0 Å². The minimum Gasteiger partial charge on any atom is -0.459 e. The number of aryl methyl sites for hydroxylation is 1. The molecule has 0 saturated carbocycles. The Kier molecular flexibility index (Phi) is 4.57. The number of benzene rings is 1. The monoisotopic (exact) mass is 347 g/mol. The second kappa shape index (κ2) is 6.66. The fourth-order valence-electron chi connectivity index (χ4n) is 2.88. The van der Waals surface area contributed by atoms with E-state index in [4.69, 9.17) is 4.42 Å². The van der Waals surface area contributed by atoms with E-state index in [1.54, 1.807) is 6.92 Å².